The van der Waals surface area contributed by atoms with Crippen LogP contribution >= 0.6 is 0 Å². The molecule has 23 heavy (non-hydrogen) atoms. The van der Waals surface area contributed by atoms with Crippen molar-refractivity contribution in [1.82, 2.24) is 9.80 Å². The maximum atomic E-state index is 9.67. The molecule has 2 aliphatic rings. The number of aliphatic hydroxyl groups excluding tert-OH is 1. The van der Waals surface area contributed by atoms with Gasteiger partial charge in [-0.15, -0.1) is 0 Å². The van der Waals surface area contributed by atoms with Gasteiger partial charge in [0.1, 0.15) is 17.3 Å². The molecule has 1 aromatic rings. The Morgan fingerprint density at radius 3 is 2.48 bits per heavy atom. The minimum Gasteiger partial charge on any atom is -0.510 e. The Morgan fingerprint density at radius 2 is 1.83 bits per heavy atom. The molecule has 2 aliphatic heterocycles. The summed E-state index contributed by atoms with van der Waals surface area (Å²) in [7, 11) is 3.39. The summed E-state index contributed by atoms with van der Waals surface area (Å²) in [6.07, 6.45) is 4.57. The van der Waals surface area contributed by atoms with E-state index in [0.29, 0.717) is 12.2 Å². The van der Waals surface area contributed by atoms with E-state index < -0.39 is 0 Å². The van der Waals surface area contributed by atoms with E-state index in [9.17, 15) is 5.11 Å². The van der Waals surface area contributed by atoms with Gasteiger partial charge in [-0.3, -0.25) is 4.90 Å². The van der Waals surface area contributed by atoms with Crippen LogP contribution in [-0.2, 0) is 0 Å². The lowest BCUT2D eigenvalue weighted by atomic mass is 10.0. The summed E-state index contributed by atoms with van der Waals surface area (Å²) in [6, 6.07) is 6.09. The van der Waals surface area contributed by atoms with E-state index in [0.717, 1.165) is 36.7 Å². The van der Waals surface area contributed by atoms with E-state index >= 15 is 0 Å². The normalized spacial score (nSPS) is 19.5. The van der Waals surface area contributed by atoms with Crippen LogP contribution in [0.1, 0.15) is 24.9 Å². The highest BCUT2D eigenvalue weighted by molar-refractivity contribution is 5.47. The minimum atomic E-state index is 0.184. The molecule has 5 nitrogen and oxygen atoms in total. The Hall–Kier alpha value is -2.14. The van der Waals surface area contributed by atoms with Crippen molar-refractivity contribution in [3.63, 3.8) is 0 Å². The number of fused-ring (bicyclic) bond motifs is 1. The lowest BCUT2D eigenvalue weighted by molar-refractivity contribution is 0.153. The summed E-state index contributed by atoms with van der Waals surface area (Å²) in [6.45, 7) is 4.83. The highest BCUT2D eigenvalue weighted by Gasteiger charge is 2.29. The molecule has 3 rings (SSSR count). The number of nitrogens with zero attached hydrogens (tertiary/aromatic N) is 2. The van der Waals surface area contributed by atoms with Crippen LogP contribution in [-0.4, -0.2) is 48.8 Å². The molecule has 2 heterocycles. The largest absolute Gasteiger partial charge is 0.510 e. The predicted molar refractivity (Wildman–Crippen MR) is 89.7 cm³/mol. The highest BCUT2D eigenvalue weighted by Crippen LogP contribution is 2.38. The molecule has 0 amide bonds. The van der Waals surface area contributed by atoms with E-state index in [1.54, 1.807) is 14.2 Å². The molecule has 1 atom stereocenters. The average molecular weight is 316 g/mol. The first kappa shape index (κ1) is 15.7. The van der Waals surface area contributed by atoms with Crippen molar-refractivity contribution in [1.29, 1.82) is 0 Å². The first-order valence-corrected chi connectivity index (χ1v) is 7.94. The molecule has 1 fully saturated rings. The molecular weight excluding hydrogens is 292 g/mol. The molecule has 0 saturated carbocycles. The van der Waals surface area contributed by atoms with Gasteiger partial charge >= 0.3 is 0 Å². The second-order valence-electron chi connectivity index (χ2n) is 5.94. The van der Waals surface area contributed by atoms with Crippen LogP contribution < -0.4 is 9.47 Å². The Balaban J connectivity index is 1.84. The molecule has 5 heteroatoms. The van der Waals surface area contributed by atoms with Gasteiger partial charge in [0, 0.05) is 44.0 Å². The van der Waals surface area contributed by atoms with Crippen LogP contribution in [0.5, 0.6) is 11.5 Å². The number of hydrogen-bond acceptors (Lipinski definition) is 5. The summed E-state index contributed by atoms with van der Waals surface area (Å²) in [5.41, 5.74) is 2.33. The van der Waals surface area contributed by atoms with Crippen LogP contribution in [0.3, 0.4) is 0 Å². The number of ether oxygens (including phenoxy) is 2. The number of methoxy groups -OCH3 is 2. The SMILES string of the molecule is COc1cccc(OC)c1C(C)N1CCN2C=C(O)CC=C2C1. The summed E-state index contributed by atoms with van der Waals surface area (Å²) in [5, 5.41) is 9.67. The first-order valence-electron chi connectivity index (χ1n) is 7.94. The number of benzene rings is 1. The first-order chi connectivity index (χ1) is 11.1. The van der Waals surface area contributed by atoms with Crippen LogP contribution in [0, 0.1) is 0 Å². The summed E-state index contributed by atoms with van der Waals surface area (Å²) in [4.78, 5) is 4.56. The molecule has 124 valence electrons. The second-order valence-corrected chi connectivity index (χ2v) is 5.94. The third-order valence-electron chi connectivity index (χ3n) is 4.65. The molecule has 0 bridgehead atoms. The van der Waals surface area contributed by atoms with Crippen molar-refractivity contribution in [3.05, 3.63) is 47.5 Å². The van der Waals surface area contributed by atoms with Crippen LogP contribution in [0.15, 0.2) is 41.9 Å². The van der Waals surface area contributed by atoms with Crippen molar-refractivity contribution in [2.75, 3.05) is 33.9 Å². The van der Waals surface area contributed by atoms with Gasteiger partial charge in [0.15, 0.2) is 0 Å². The van der Waals surface area contributed by atoms with Gasteiger partial charge in [0.05, 0.1) is 19.8 Å². The number of rotatable bonds is 4. The van der Waals surface area contributed by atoms with Crippen LogP contribution in [0.25, 0.3) is 0 Å². The maximum Gasteiger partial charge on any atom is 0.127 e. The summed E-state index contributed by atoms with van der Waals surface area (Å²) in [5.74, 6) is 2.14. The van der Waals surface area contributed by atoms with E-state index in [4.69, 9.17) is 9.47 Å². The van der Waals surface area contributed by atoms with Crippen LogP contribution in [0.2, 0.25) is 0 Å². The lowest BCUT2D eigenvalue weighted by Crippen LogP contribution is -2.44. The predicted octanol–water partition coefficient (Wildman–Crippen LogP) is 3.07. The van der Waals surface area contributed by atoms with Crippen LogP contribution in [0.4, 0.5) is 0 Å². The fourth-order valence-electron chi connectivity index (χ4n) is 3.35. The molecular formula is C18H24N2O3. The number of aliphatic hydroxyl groups is 1. The lowest BCUT2D eigenvalue weighted by Gasteiger charge is -2.41. The number of piperazine rings is 1. The van der Waals surface area contributed by atoms with E-state index in [-0.39, 0.29) is 6.04 Å². The Bertz CT molecular complexity index is 617. The summed E-state index contributed by atoms with van der Waals surface area (Å²) >= 11 is 0. The molecule has 1 saturated heterocycles. The molecule has 0 spiro atoms. The zero-order chi connectivity index (χ0) is 16.4. The third-order valence-corrected chi connectivity index (χ3v) is 4.65. The standard InChI is InChI=1S/C18H24N2O3/c1-13(18-16(22-2)5-4-6-17(18)23-3)19-9-10-20-12-15(21)8-7-14(20)11-19/h4-7,12-13,21H,8-11H2,1-3H3. The van der Waals surface area contributed by atoms with Crippen molar-refractivity contribution >= 4 is 0 Å². The van der Waals surface area contributed by atoms with Crippen molar-refractivity contribution in [2.24, 2.45) is 0 Å². The molecule has 1 aromatic carbocycles. The van der Waals surface area contributed by atoms with Gasteiger partial charge in [-0.25, -0.2) is 0 Å². The quantitative estimate of drug-likeness (QED) is 0.925. The monoisotopic (exact) mass is 316 g/mol. The number of allylic oxidation sites excluding steroid dienone is 1. The van der Waals surface area contributed by atoms with Crippen molar-refractivity contribution in [3.8, 4) is 11.5 Å². The molecule has 1 unspecified atom stereocenters. The Kier molecular flexibility index (Phi) is 4.48. The maximum absolute atomic E-state index is 9.67. The third kappa shape index (κ3) is 3.01. The van der Waals surface area contributed by atoms with Gasteiger partial charge in [-0.05, 0) is 19.1 Å². The minimum absolute atomic E-state index is 0.184. The van der Waals surface area contributed by atoms with E-state index in [2.05, 4.69) is 22.8 Å². The van der Waals surface area contributed by atoms with Gasteiger partial charge in [-0.1, -0.05) is 12.1 Å². The Morgan fingerprint density at radius 1 is 1.13 bits per heavy atom. The second kappa shape index (κ2) is 6.54. The molecule has 0 aliphatic carbocycles. The topological polar surface area (TPSA) is 45.2 Å². The molecule has 0 aromatic heterocycles. The Labute approximate surface area is 137 Å². The van der Waals surface area contributed by atoms with E-state index in [1.807, 2.05) is 24.4 Å². The zero-order valence-corrected chi connectivity index (χ0v) is 14.0. The van der Waals surface area contributed by atoms with Crippen molar-refractivity contribution < 1.29 is 14.6 Å². The van der Waals surface area contributed by atoms with Gasteiger partial charge < -0.3 is 19.5 Å². The highest BCUT2D eigenvalue weighted by atomic mass is 16.5. The molecule has 0 radical (unpaired) electrons. The van der Waals surface area contributed by atoms with Gasteiger partial charge in [0.25, 0.3) is 0 Å². The van der Waals surface area contributed by atoms with Gasteiger partial charge in [0.2, 0.25) is 0 Å². The smallest absolute Gasteiger partial charge is 0.127 e. The van der Waals surface area contributed by atoms with Crippen molar-refractivity contribution in [2.45, 2.75) is 19.4 Å². The summed E-state index contributed by atoms with van der Waals surface area (Å²) < 4.78 is 11.1. The molecule has 1 N–H and O–H groups in total. The fraction of sp³-hybridized carbons (Fsp3) is 0.444. The van der Waals surface area contributed by atoms with E-state index in [1.165, 1.54) is 5.70 Å². The fourth-order valence-corrected chi connectivity index (χ4v) is 3.35. The zero-order valence-electron chi connectivity index (χ0n) is 14.0. The van der Waals surface area contributed by atoms with Gasteiger partial charge in [-0.2, -0.15) is 0 Å². The average Bonchev–Trinajstić information content (AvgIpc) is 2.59. The number of hydrogen-bond donors (Lipinski definition) is 1.